The molecule has 152 valence electrons. The molecule has 1 spiro atoms. The molecule has 1 aliphatic carbocycles. The van der Waals surface area contributed by atoms with E-state index in [0.29, 0.717) is 30.4 Å². The summed E-state index contributed by atoms with van der Waals surface area (Å²) in [4.78, 5) is 64.0. The van der Waals surface area contributed by atoms with Gasteiger partial charge in [-0.2, -0.15) is 5.01 Å². The molecule has 1 aromatic heterocycles. The number of aromatic nitrogens is 2. The third-order valence-corrected chi connectivity index (χ3v) is 5.64. The number of nitrogens with one attached hydrogen (secondary N) is 3. The fraction of sp³-hybridized carbons (Fsp3) is 0.421. The first-order chi connectivity index (χ1) is 13.9. The number of benzene rings is 1. The zero-order valence-corrected chi connectivity index (χ0v) is 15.9. The van der Waals surface area contributed by atoms with Gasteiger partial charge in [0.15, 0.2) is 0 Å². The van der Waals surface area contributed by atoms with Crippen molar-refractivity contribution < 1.29 is 14.4 Å². The molecule has 2 aromatic rings. The first-order valence-electron chi connectivity index (χ1n) is 9.61. The molecule has 4 rings (SSSR count). The van der Waals surface area contributed by atoms with Crippen LogP contribution < -0.4 is 21.9 Å². The highest BCUT2D eigenvalue weighted by Gasteiger charge is 2.52. The van der Waals surface area contributed by atoms with Gasteiger partial charge in [0.2, 0.25) is 0 Å². The molecule has 0 atom stereocenters. The van der Waals surface area contributed by atoms with E-state index in [9.17, 15) is 24.0 Å². The molecule has 2 heterocycles. The molecular weight excluding hydrogens is 378 g/mol. The minimum absolute atomic E-state index is 0.139. The summed E-state index contributed by atoms with van der Waals surface area (Å²) in [5.41, 5.74) is 0.888. The number of carbonyl (C=O) groups excluding carboxylic acids is 3. The van der Waals surface area contributed by atoms with Crippen LogP contribution in [-0.4, -0.2) is 37.9 Å². The zero-order valence-electron chi connectivity index (χ0n) is 15.9. The average molecular weight is 399 g/mol. The number of nitrogens with zero attached hydrogens (tertiary/aromatic N) is 2. The molecular formula is C19H21N5O5. The first-order valence-corrected chi connectivity index (χ1v) is 9.61. The van der Waals surface area contributed by atoms with Gasteiger partial charge in [-0.25, -0.2) is 4.79 Å². The Morgan fingerprint density at radius 3 is 2.55 bits per heavy atom. The van der Waals surface area contributed by atoms with Crippen LogP contribution in [0.3, 0.4) is 0 Å². The van der Waals surface area contributed by atoms with Crippen LogP contribution in [0.15, 0.2) is 27.8 Å². The van der Waals surface area contributed by atoms with Crippen LogP contribution in [-0.2, 0) is 11.3 Å². The highest BCUT2D eigenvalue weighted by atomic mass is 16.2. The van der Waals surface area contributed by atoms with E-state index >= 15 is 0 Å². The Hall–Kier alpha value is -3.43. The summed E-state index contributed by atoms with van der Waals surface area (Å²) in [7, 11) is 0. The summed E-state index contributed by atoms with van der Waals surface area (Å²) in [6, 6.07) is 3.77. The maximum atomic E-state index is 12.8. The number of H-pyrrole nitrogens is 1. The Bertz CT molecular complexity index is 1140. The Morgan fingerprint density at radius 2 is 1.86 bits per heavy atom. The highest BCUT2D eigenvalue weighted by Crippen LogP contribution is 2.33. The topological polar surface area (TPSA) is 133 Å². The third kappa shape index (κ3) is 3.00. The lowest BCUT2D eigenvalue weighted by Crippen LogP contribution is -2.50. The van der Waals surface area contributed by atoms with Crippen molar-refractivity contribution in [3.05, 3.63) is 44.5 Å². The van der Waals surface area contributed by atoms with Crippen molar-refractivity contribution >= 4 is 28.9 Å². The summed E-state index contributed by atoms with van der Waals surface area (Å²) in [5, 5.41) is 3.45. The summed E-state index contributed by atoms with van der Waals surface area (Å²) in [5.74, 6) is -1.12. The number of carbonyl (C=O) groups is 3. The van der Waals surface area contributed by atoms with E-state index < -0.39 is 34.5 Å². The molecule has 1 saturated heterocycles. The van der Waals surface area contributed by atoms with Crippen LogP contribution in [0.1, 0.15) is 49.4 Å². The van der Waals surface area contributed by atoms with Crippen LogP contribution in [0.2, 0.25) is 0 Å². The molecule has 0 unspecified atom stereocenters. The molecule has 1 aromatic carbocycles. The molecule has 10 heteroatoms. The van der Waals surface area contributed by atoms with Gasteiger partial charge in [0.05, 0.1) is 11.0 Å². The average Bonchev–Trinajstić information content (AvgIpc) is 2.93. The molecule has 0 bridgehead atoms. The fourth-order valence-electron chi connectivity index (χ4n) is 4.12. The maximum Gasteiger partial charge on any atom is 0.344 e. The van der Waals surface area contributed by atoms with Crippen molar-refractivity contribution in [1.29, 1.82) is 0 Å². The predicted octanol–water partition coefficient (Wildman–Crippen LogP) is 0.609. The van der Waals surface area contributed by atoms with Crippen molar-refractivity contribution in [2.75, 3.05) is 0 Å². The number of aryl methyl sites for hydroxylation is 1. The Kier molecular flexibility index (Phi) is 4.48. The lowest BCUT2D eigenvalue weighted by atomic mass is 9.82. The number of amides is 4. The van der Waals surface area contributed by atoms with E-state index in [1.807, 2.05) is 0 Å². The minimum atomic E-state index is -0.936. The lowest BCUT2D eigenvalue weighted by molar-refractivity contribution is -0.134. The van der Waals surface area contributed by atoms with Crippen LogP contribution in [0, 0.1) is 0 Å². The van der Waals surface area contributed by atoms with Gasteiger partial charge >= 0.3 is 17.1 Å². The Balaban J connectivity index is 1.62. The van der Waals surface area contributed by atoms with Crippen molar-refractivity contribution in [3.63, 3.8) is 0 Å². The van der Waals surface area contributed by atoms with Crippen molar-refractivity contribution in [2.24, 2.45) is 0 Å². The highest BCUT2D eigenvalue weighted by molar-refractivity contribution is 6.09. The molecule has 3 N–H and O–H groups in total. The molecule has 4 amide bonds. The van der Waals surface area contributed by atoms with Crippen LogP contribution >= 0.6 is 0 Å². The van der Waals surface area contributed by atoms with Gasteiger partial charge in [-0.05, 0) is 38.0 Å². The lowest BCUT2D eigenvalue weighted by Gasteiger charge is -2.30. The number of hydrogen-bond acceptors (Lipinski definition) is 5. The van der Waals surface area contributed by atoms with Gasteiger partial charge in [0, 0.05) is 12.1 Å². The second kappa shape index (κ2) is 6.87. The third-order valence-electron chi connectivity index (χ3n) is 5.64. The number of hydrogen-bond donors (Lipinski definition) is 3. The number of imide groups is 1. The van der Waals surface area contributed by atoms with E-state index in [-0.39, 0.29) is 5.56 Å². The van der Waals surface area contributed by atoms with E-state index in [4.69, 9.17) is 0 Å². The quantitative estimate of drug-likeness (QED) is 0.514. The smallest absolute Gasteiger partial charge is 0.322 e. The molecule has 0 radical (unpaired) electrons. The second-order valence-corrected chi connectivity index (χ2v) is 7.39. The molecule has 2 fully saturated rings. The summed E-state index contributed by atoms with van der Waals surface area (Å²) >= 11 is 0. The maximum absolute atomic E-state index is 12.8. The molecule has 10 nitrogen and oxygen atoms in total. The number of hydrazine groups is 1. The monoisotopic (exact) mass is 399 g/mol. The van der Waals surface area contributed by atoms with Gasteiger partial charge in [-0.1, -0.05) is 19.3 Å². The summed E-state index contributed by atoms with van der Waals surface area (Å²) in [6.45, 7) is 2.04. The van der Waals surface area contributed by atoms with Crippen LogP contribution in [0.5, 0.6) is 0 Å². The number of fused-ring (bicyclic) bond motifs is 1. The predicted molar refractivity (Wildman–Crippen MR) is 103 cm³/mol. The van der Waals surface area contributed by atoms with Gasteiger partial charge in [-0.3, -0.25) is 24.6 Å². The van der Waals surface area contributed by atoms with E-state index in [2.05, 4.69) is 15.7 Å². The number of rotatable bonds is 3. The zero-order chi connectivity index (χ0) is 20.8. The van der Waals surface area contributed by atoms with E-state index in [0.717, 1.165) is 24.3 Å². The van der Waals surface area contributed by atoms with Gasteiger partial charge in [-0.15, -0.1) is 0 Å². The van der Waals surface area contributed by atoms with Crippen LogP contribution in [0.25, 0.3) is 11.0 Å². The van der Waals surface area contributed by atoms with Gasteiger partial charge in [0.1, 0.15) is 5.54 Å². The second-order valence-electron chi connectivity index (χ2n) is 7.39. The van der Waals surface area contributed by atoms with Gasteiger partial charge < -0.3 is 14.9 Å². The largest absolute Gasteiger partial charge is 0.344 e. The van der Waals surface area contributed by atoms with E-state index in [1.165, 1.54) is 16.7 Å². The Labute approximate surface area is 164 Å². The summed E-state index contributed by atoms with van der Waals surface area (Å²) in [6.07, 6.45) is 3.79. The van der Waals surface area contributed by atoms with E-state index in [1.54, 1.807) is 13.0 Å². The van der Waals surface area contributed by atoms with Crippen molar-refractivity contribution in [2.45, 2.75) is 51.1 Å². The minimum Gasteiger partial charge on any atom is -0.322 e. The normalized spacial score (nSPS) is 18.3. The molecule has 2 aliphatic rings. The van der Waals surface area contributed by atoms with Crippen LogP contribution in [0.4, 0.5) is 4.79 Å². The van der Waals surface area contributed by atoms with Crippen molar-refractivity contribution in [1.82, 2.24) is 25.3 Å². The molecule has 1 aliphatic heterocycles. The SMILES string of the molecule is CCn1c(=O)c(=O)[nH]c2cc(C(=O)NN3C(=O)NC4(CCCCC4)C3=O)ccc21. The molecule has 1 saturated carbocycles. The number of urea groups is 1. The van der Waals surface area contributed by atoms with Gasteiger partial charge in [0.25, 0.3) is 11.8 Å². The standard InChI is InChI=1S/C19H21N5O5/c1-2-23-13-7-6-11(10-12(13)20-15(26)16(23)27)14(25)22-24-17(28)19(21-18(24)29)8-4-3-5-9-19/h6-7,10H,2-5,8-9H2,1H3,(H,20,26)(H,21,29)(H,22,25). The Morgan fingerprint density at radius 1 is 1.14 bits per heavy atom. The summed E-state index contributed by atoms with van der Waals surface area (Å²) < 4.78 is 1.31. The molecule has 29 heavy (non-hydrogen) atoms. The van der Waals surface area contributed by atoms with Crippen molar-refractivity contribution in [3.8, 4) is 0 Å². The fourth-order valence-corrected chi connectivity index (χ4v) is 4.12. The number of aromatic amines is 1. The first kappa shape index (κ1) is 18.9.